The molecule has 2 atom stereocenters. The van der Waals surface area contributed by atoms with Crippen molar-refractivity contribution in [2.45, 2.75) is 5.85 Å². The molecule has 4 nitrogen and oxygen atoms in total. The maximum atomic E-state index is 13.1. The number of benzene rings is 2. The molecule has 0 aromatic heterocycles. The number of anilines is 1. The van der Waals surface area contributed by atoms with Crippen LogP contribution in [-0.4, -0.2) is 26.3 Å². The highest BCUT2D eigenvalue weighted by Gasteiger charge is 2.35. The monoisotopic (exact) mass is 339 g/mol. The van der Waals surface area contributed by atoms with Crippen LogP contribution in [0.1, 0.15) is 11.4 Å². The molecular weight excluding hydrogens is 321 g/mol. The van der Waals surface area contributed by atoms with Crippen LogP contribution < -0.4 is 10.2 Å². The number of aliphatic hydroxyl groups is 1. The predicted molar refractivity (Wildman–Crippen MR) is 91.4 cm³/mol. The summed E-state index contributed by atoms with van der Waals surface area (Å²) in [7, 11) is 1.76. The van der Waals surface area contributed by atoms with Gasteiger partial charge in [-0.25, -0.2) is 0 Å². The van der Waals surface area contributed by atoms with E-state index in [1.807, 2.05) is 31.1 Å². The fraction of sp³-hybridized carbons (Fsp3) is 0.250. The number of rotatable bonds is 5. The van der Waals surface area contributed by atoms with Gasteiger partial charge in [0.1, 0.15) is 0 Å². The Bertz CT molecular complexity index is 671. The Morgan fingerprint density at radius 3 is 2.09 bits per heavy atom. The fourth-order valence-electron chi connectivity index (χ4n) is 2.14. The summed E-state index contributed by atoms with van der Waals surface area (Å²) < 4.78 is 18.4. The van der Waals surface area contributed by atoms with Crippen LogP contribution in [0, 0.1) is 0 Å². The SMILES string of the molecule is COP(=O)(c1ccc(N(C)C)cc1)C(O)c1ccc(Cl)cc1. The zero-order valence-electron chi connectivity index (χ0n) is 12.7. The third-order valence-corrected chi connectivity index (χ3v) is 6.24. The van der Waals surface area contributed by atoms with Gasteiger partial charge in [-0.15, -0.1) is 0 Å². The van der Waals surface area contributed by atoms with Crippen LogP contribution >= 0.6 is 19.0 Å². The van der Waals surface area contributed by atoms with E-state index in [2.05, 4.69) is 0 Å². The molecule has 0 amide bonds. The van der Waals surface area contributed by atoms with Gasteiger partial charge in [0, 0.05) is 37.2 Å². The highest BCUT2D eigenvalue weighted by atomic mass is 35.5. The molecule has 0 saturated carbocycles. The van der Waals surface area contributed by atoms with Crippen LogP contribution in [-0.2, 0) is 9.09 Å². The van der Waals surface area contributed by atoms with Crippen molar-refractivity contribution in [3.05, 3.63) is 59.1 Å². The summed E-state index contributed by atoms with van der Waals surface area (Å²) in [6.45, 7) is 0. The summed E-state index contributed by atoms with van der Waals surface area (Å²) in [6.07, 6.45) is 0. The standard InChI is InChI=1S/C16H19ClNO3P/c1-18(2)14-8-10-15(11-9-14)22(20,21-3)16(19)12-4-6-13(17)7-5-12/h4-11,16,19H,1-3H3. The fourth-order valence-corrected chi connectivity index (χ4v) is 4.08. The van der Waals surface area contributed by atoms with Crippen molar-refractivity contribution in [1.29, 1.82) is 0 Å². The second-order valence-electron chi connectivity index (χ2n) is 5.12. The smallest absolute Gasteiger partial charge is 0.263 e. The van der Waals surface area contributed by atoms with E-state index in [0.29, 0.717) is 15.9 Å². The second-order valence-corrected chi connectivity index (χ2v) is 8.12. The van der Waals surface area contributed by atoms with E-state index in [1.54, 1.807) is 36.4 Å². The van der Waals surface area contributed by atoms with Crippen molar-refractivity contribution in [2.24, 2.45) is 0 Å². The van der Waals surface area contributed by atoms with Crippen LogP contribution in [0.25, 0.3) is 0 Å². The number of nitrogens with zero attached hydrogens (tertiary/aromatic N) is 1. The average molecular weight is 340 g/mol. The number of hydrogen-bond acceptors (Lipinski definition) is 4. The van der Waals surface area contributed by atoms with Crippen molar-refractivity contribution in [3.63, 3.8) is 0 Å². The molecule has 2 aromatic carbocycles. The van der Waals surface area contributed by atoms with Gasteiger partial charge in [-0.2, -0.15) is 0 Å². The lowest BCUT2D eigenvalue weighted by molar-refractivity contribution is 0.229. The topological polar surface area (TPSA) is 49.8 Å². The van der Waals surface area contributed by atoms with Gasteiger partial charge < -0.3 is 14.5 Å². The third kappa shape index (κ3) is 3.36. The first-order chi connectivity index (χ1) is 10.4. The minimum Gasteiger partial charge on any atom is -0.378 e. The molecule has 6 heteroatoms. The molecule has 0 fully saturated rings. The molecule has 0 aliphatic heterocycles. The first kappa shape index (κ1) is 17.0. The lowest BCUT2D eigenvalue weighted by Crippen LogP contribution is -2.15. The molecule has 1 N–H and O–H groups in total. The Kier molecular flexibility index (Phi) is 5.30. The lowest BCUT2D eigenvalue weighted by Gasteiger charge is -2.23. The summed E-state index contributed by atoms with van der Waals surface area (Å²) in [6, 6.07) is 13.7. The van der Waals surface area contributed by atoms with Gasteiger partial charge in [0.2, 0.25) is 0 Å². The molecule has 118 valence electrons. The number of aliphatic hydroxyl groups excluding tert-OH is 1. The van der Waals surface area contributed by atoms with E-state index in [-0.39, 0.29) is 0 Å². The lowest BCUT2D eigenvalue weighted by atomic mass is 10.2. The van der Waals surface area contributed by atoms with Crippen LogP contribution in [0.15, 0.2) is 48.5 Å². The van der Waals surface area contributed by atoms with E-state index in [9.17, 15) is 9.67 Å². The van der Waals surface area contributed by atoms with Crippen molar-refractivity contribution in [1.82, 2.24) is 0 Å². The zero-order chi connectivity index (χ0) is 16.3. The van der Waals surface area contributed by atoms with E-state index >= 15 is 0 Å². The normalized spacial score (nSPS) is 15.1. The molecular formula is C16H19ClNO3P. The van der Waals surface area contributed by atoms with Crippen LogP contribution in [0.3, 0.4) is 0 Å². The Labute approximate surface area is 135 Å². The molecule has 0 aliphatic carbocycles. The summed E-state index contributed by atoms with van der Waals surface area (Å²) in [4.78, 5) is 1.94. The molecule has 0 radical (unpaired) electrons. The Morgan fingerprint density at radius 1 is 1.09 bits per heavy atom. The van der Waals surface area contributed by atoms with Crippen LogP contribution in [0.2, 0.25) is 5.02 Å². The van der Waals surface area contributed by atoms with Gasteiger partial charge in [-0.05, 0) is 42.0 Å². The molecule has 0 aliphatic rings. The summed E-state index contributed by atoms with van der Waals surface area (Å²) >= 11 is 5.84. The highest BCUT2D eigenvalue weighted by molar-refractivity contribution is 7.67. The van der Waals surface area contributed by atoms with Crippen molar-refractivity contribution in [2.75, 3.05) is 26.1 Å². The largest absolute Gasteiger partial charge is 0.378 e. The van der Waals surface area contributed by atoms with Crippen molar-refractivity contribution < 1.29 is 14.2 Å². The maximum Gasteiger partial charge on any atom is 0.263 e. The first-order valence-corrected chi connectivity index (χ1v) is 8.82. The average Bonchev–Trinajstić information content (AvgIpc) is 2.54. The zero-order valence-corrected chi connectivity index (χ0v) is 14.4. The van der Waals surface area contributed by atoms with Crippen molar-refractivity contribution in [3.8, 4) is 0 Å². The van der Waals surface area contributed by atoms with E-state index in [4.69, 9.17) is 16.1 Å². The van der Waals surface area contributed by atoms with Gasteiger partial charge in [-0.3, -0.25) is 4.57 Å². The van der Waals surface area contributed by atoms with Gasteiger partial charge in [0.05, 0.1) is 0 Å². The molecule has 0 spiro atoms. The van der Waals surface area contributed by atoms with Crippen LogP contribution in [0.5, 0.6) is 0 Å². The first-order valence-electron chi connectivity index (χ1n) is 6.75. The highest BCUT2D eigenvalue weighted by Crippen LogP contribution is 2.57. The Balaban J connectivity index is 2.38. The molecule has 0 saturated heterocycles. The molecule has 22 heavy (non-hydrogen) atoms. The maximum absolute atomic E-state index is 13.1. The number of hydrogen-bond donors (Lipinski definition) is 1. The van der Waals surface area contributed by atoms with E-state index < -0.39 is 13.2 Å². The summed E-state index contributed by atoms with van der Waals surface area (Å²) in [5, 5.41) is 11.5. The van der Waals surface area contributed by atoms with Gasteiger partial charge in [0.25, 0.3) is 7.37 Å². The second kappa shape index (κ2) is 6.84. The predicted octanol–water partition coefficient (Wildman–Crippen LogP) is 3.65. The molecule has 2 rings (SSSR count). The van der Waals surface area contributed by atoms with Crippen molar-refractivity contribution >= 4 is 30.0 Å². The van der Waals surface area contributed by atoms with E-state index in [1.165, 1.54) is 7.11 Å². The Hall–Kier alpha value is -1.32. The van der Waals surface area contributed by atoms with Crippen LogP contribution in [0.4, 0.5) is 5.69 Å². The molecule has 0 bridgehead atoms. The molecule has 0 heterocycles. The summed E-state index contributed by atoms with van der Waals surface area (Å²) in [5.41, 5.74) is 1.48. The van der Waals surface area contributed by atoms with Gasteiger partial charge in [0.15, 0.2) is 5.85 Å². The quantitative estimate of drug-likeness (QED) is 0.845. The van der Waals surface area contributed by atoms with E-state index in [0.717, 1.165) is 5.69 Å². The minimum absolute atomic E-state index is 0.475. The molecule has 2 aromatic rings. The van der Waals surface area contributed by atoms with Gasteiger partial charge >= 0.3 is 0 Å². The minimum atomic E-state index is -3.44. The Morgan fingerprint density at radius 2 is 1.64 bits per heavy atom. The number of halogens is 1. The van der Waals surface area contributed by atoms with Gasteiger partial charge in [-0.1, -0.05) is 23.7 Å². The summed E-state index contributed by atoms with van der Waals surface area (Å²) in [5.74, 6) is -1.24. The molecule has 2 unspecified atom stereocenters. The third-order valence-electron chi connectivity index (χ3n) is 3.49.